The molecule has 8 heteroatoms. The number of aliphatic hydroxyl groups is 1. The van der Waals surface area contributed by atoms with Gasteiger partial charge in [-0.05, 0) is 31.2 Å². The molecule has 106 valence electrons. The standard InChI is InChI=1S/C11H15NO6S/c1-8(6-13)12-19(16,17)10-4-2-9(3-5-10)18-7-11(14)15/h2-5,8,12-13H,6-7H2,1H3,(H,14,15)/t8-/m0/s1. The number of nitrogens with one attached hydrogen (secondary N) is 1. The predicted octanol–water partition coefficient (Wildman–Crippen LogP) is -0.191. The fourth-order valence-electron chi connectivity index (χ4n) is 1.23. The van der Waals surface area contributed by atoms with Gasteiger partial charge in [-0.15, -0.1) is 0 Å². The van der Waals surface area contributed by atoms with Crippen molar-refractivity contribution in [2.45, 2.75) is 17.9 Å². The minimum absolute atomic E-state index is 0.00970. The molecule has 0 saturated carbocycles. The molecule has 1 atom stereocenters. The molecule has 0 aliphatic heterocycles. The summed E-state index contributed by atoms with van der Waals surface area (Å²) in [6.45, 7) is 0.729. The van der Waals surface area contributed by atoms with Crippen molar-refractivity contribution in [3.63, 3.8) is 0 Å². The Kier molecular flexibility index (Phi) is 5.28. The van der Waals surface area contributed by atoms with Crippen molar-refractivity contribution in [2.24, 2.45) is 0 Å². The van der Waals surface area contributed by atoms with Crippen molar-refractivity contribution in [2.75, 3.05) is 13.2 Å². The SMILES string of the molecule is C[C@@H](CO)NS(=O)(=O)c1ccc(OCC(=O)O)cc1. The lowest BCUT2D eigenvalue weighted by atomic mass is 10.3. The second-order valence-electron chi connectivity index (χ2n) is 3.86. The van der Waals surface area contributed by atoms with Crippen LogP contribution in [0.1, 0.15) is 6.92 Å². The number of rotatable bonds is 7. The highest BCUT2D eigenvalue weighted by Gasteiger charge is 2.16. The molecule has 0 unspecified atom stereocenters. The molecule has 0 fully saturated rings. The fourth-order valence-corrected chi connectivity index (χ4v) is 2.46. The van der Waals surface area contributed by atoms with Crippen LogP contribution < -0.4 is 9.46 Å². The summed E-state index contributed by atoms with van der Waals surface area (Å²) in [7, 11) is -3.70. The smallest absolute Gasteiger partial charge is 0.341 e. The first-order valence-electron chi connectivity index (χ1n) is 5.43. The number of hydrogen-bond donors (Lipinski definition) is 3. The van der Waals surface area contributed by atoms with E-state index in [4.69, 9.17) is 14.9 Å². The molecule has 0 radical (unpaired) electrons. The van der Waals surface area contributed by atoms with Crippen molar-refractivity contribution in [3.8, 4) is 5.75 Å². The molecule has 1 aromatic rings. The zero-order valence-electron chi connectivity index (χ0n) is 10.2. The summed E-state index contributed by atoms with van der Waals surface area (Å²) in [5.74, 6) is -0.855. The Hall–Kier alpha value is -1.64. The van der Waals surface area contributed by atoms with Crippen LogP contribution in [0.2, 0.25) is 0 Å². The van der Waals surface area contributed by atoms with Crippen LogP contribution in [0, 0.1) is 0 Å². The largest absolute Gasteiger partial charge is 0.482 e. The molecule has 0 amide bonds. The zero-order chi connectivity index (χ0) is 14.5. The van der Waals surface area contributed by atoms with Gasteiger partial charge in [-0.25, -0.2) is 17.9 Å². The van der Waals surface area contributed by atoms with Crippen LogP contribution in [0.15, 0.2) is 29.2 Å². The molecule has 3 N–H and O–H groups in total. The van der Waals surface area contributed by atoms with Crippen molar-refractivity contribution in [1.82, 2.24) is 4.72 Å². The maximum absolute atomic E-state index is 11.8. The minimum Gasteiger partial charge on any atom is -0.482 e. The second-order valence-corrected chi connectivity index (χ2v) is 5.57. The maximum Gasteiger partial charge on any atom is 0.341 e. The molecular formula is C11H15NO6S. The highest BCUT2D eigenvalue weighted by Crippen LogP contribution is 2.16. The Morgan fingerprint density at radius 1 is 1.37 bits per heavy atom. The summed E-state index contributed by atoms with van der Waals surface area (Å²) in [5.41, 5.74) is 0. The van der Waals surface area contributed by atoms with Gasteiger partial charge in [0.15, 0.2) is 6.61 Å². The monoisotopic (exact) mass is 289 g/mol. The average Bonchev–Trinajstić information content (AvgIpc) is 2.36. The third-order valence-electron chi connectivity index (χ3n) is 2.13. The van der Waals surface area contributed by atoms with Gasteiger partial charge in [0, 0.05) is 6.04 Å². The predicted molar refractivity (Wildman–Crippen MR) is 66.4 cm³/mol. The van der Waals surface area contributed by atoms with Crippen LogP contribution in [0.3, 0.4) is 0 Å². The van der Waals surface area contributed by atoms with Gasteiger partial charge in [0.25, 0.3) is 0 Å². The Morgan fingerprint density at radius 2 is 1.95 bits per heavy atom. The van der Waals surface area contributed by atoms with E-state index in [0.717, 1.165) is 0 Å². The van der Waals surface area contributed by atoms with Crippen molar-refractivity contribution >= 4 is 16.0 Å². The van der Waals surface area contributed by atoms with Crippen LogP contribution in [0.5, 0.6) is 5.75 Å². The number of benzene rings is 1. The normalized spacial score (nSPS) is 12.9. The van der Waals surface area contributed by atoms with Gasteiger partial charge in [0.2, 0.25) is 10.0 Å². The van der Waals surface area contributed by atoms with Gasteiger partial charge >= 0.3 is 5.97 Å². The molecule has 0 aliphatic carbocycles. The molecule has 0 aromatic heterocycles. The summed E-state index contributed by atoms with van der Waals surface area (Å²) in [6, 6.07) is 4.73. The molecular weight excluding hydrogens is 274 g/mol. The molecule has 7 nitrogen and oxygen atoms in total. The molecule has 0 saturated heterocycles. The van der Waals surface area contributed by atoms with E-state index in [1.54, 1.807) is 0 Å². The number of carbonyl (C=O) groups is 1. The number of aliphatic carboxylic acids is 1. The summed E-state index contributed by atoms with van der Waals surface area (Å²) in [4.78, 5) is 10.3. The van der Waals surface area contributed by atoms with Crippen LogP contribution in [0.4, 0.5) is 0 Å². The van der Waals surface area contributed by atoms with Crippen LogP contribution in [-0.2, 0) is 14.8 Å². The number of sulfonamides is 1. The Morgan fingerprint density at radius 3 is 2.42 bits per heavy atom. The number of hydrogen-bond acceptors (Lipinski definition) is 5. The molecule has 19 heavy (non-hydrogen) atoms. The van der Waals surface area contributed by atoms with E-state index in [1.165, 1.54) is 31.2 Å². The zero-order valence-corrected chi connectivity index (χ0v) is 11.1. The molecule has 0 bridgehead atoms. The quantitative estimate of drug-likeness (QED) is 0.641. The maximum atomic E-state index is 11.8. The van der Waals surface area contributed by atoms with Crippen LogP contribution >= 0.6 is 0 Å². The van der Waals surface area contributed by atoms with Gasteiger partial charge in [0.1, 0.15) is 5.75 Å². The molecule has 0 heterocycles. The fraction of sp³-hybridized carbons (Fsp3) is 0.364. The van der Waals surface area contributed by atoms with Gasteiger partial charge in [-0.1, -0.05) is 0 Å². The number of aliphatic hydroxyl groups excluding tert-OH is 1. The first-order valence-corrected chi connectivity index (χ1v) is 6.91. The third-order valence-corrected chi connectivity index (χ3v) is 3.73. The lowest BCUT2D eigenvalue weighted by Crippen LogP contribution is -2.34. The molecule has 1 rings (SSSR count). The molecule has 1 aromatic carbocycles. The minimum atomic E-state index is -3.70. The Balaban J connectivity index is 2.77. The number of ether oxygens (including phenoxy) is 1. The summed E-state index contributed by atoms with van der Waals surface area (Å²) < 4.78 is 30.8. The van der Waals surface area contributed by atoms with Gasteiger partial charge in [-0.3, -0.25) is 0 Å². The molecule has 0 aliphatic rings. The lowest BCUT2D eigenvalue weighted by Gasteiger charge is -2.11. The second kappa shape index (κ2) is 6.50. The highest BCUT2D eigenvalue weighted by molar-refractivity contribution is 7.89. The van der Waals surface area contributed by atoms with Crippen LogP contribution in [0.25, 0.3) is 0 Å². The summed E-state index contributed by atoms with van der Waals surface area (Å²) >= 11 is 0. The van der Waals surface area contributed by atoms with E-state index in [0.29, 0.717) is 0 Å². The summed E-state index contributed by atoms with van der Waals surface area (Å²) in [5, 5.41) is 17.2. The third kappa shape index (κ3) is 4.86. The average molecular weight is 289 g/mol. The van der Waals surface area contributed by atoms with Crippen molar-refractivity contribution in [1.29, 1.82) is 0 Å². The van der Waals surface area contributed by atoms with E-state index in [-0.39, 0.29) is 17.3 Å². The Labute approximate surface area is 110 Å². The van der Waals surface area contributed by atoms with E-state index in [9.17, 15) is 13.2 Å². The van der Waals surface area contributed by atoms with E-state index in [2.05, 4.69) is 4.72 Å². The summed E-state index contributed by atoms with van der Waals surface area (Å²) in [6.07, 6.45) is 0. The lowest BCUT2D eigenvalue weighted by molar-refractivity contribution is -0.139. The van der Waals surface area contributed by atoms with Crippen molar-refractivity contribution < 1.29 is 28.2 Å². The topological polar surface area (TPSA) is 113 Å². The Bertz CT molecular complexity index is 525. The van der Waals surface area contributed by atoms with Crippen LogP contribution in [-0.4, -0.2) is 43.9 Å². The molecule has 0 spiro atoms. The van der Waals surface area contributed by atoms with Crippen molar-refractivity contribution in [3.05, 3.63) is 24.3 Å². The van der Waals surface area contributed by atoms with Gasteiger partial charge in [0.05, 0.1) is 11.5 Å². The first-order chi connectivity index (χ1) is 8.85. The van der Waals surface area contributed by atoms with E-state index < -0.39 is 28.6 Å². The van der Waals surface area contributed by atoms with Gasteiger partial charge in [-0.2, -0.15) is 0 Å². The number of carboxylic acid groups (broad SMARTS) is 1. The first kappa shape index (κ1) is 15.4. The number of carboxylic acids is 1. The highest BCUT2D eigenvalue weighted by atomic mass is 32.2. The van der Waals surface area contributed by atoms with E-state index in [1.807, 2.05) is 0 Å². The van der Waals surface area contributed by atoms with E-state index >= 15 is 0 Å². The van der Waals surface area contributed by atoms with Gasteiger partial charge < -0.3 is 14.9 Å².